The SMILES string of the molecule is CC1=Cc2c(Br)c3c(cc2=C1C(C)(C)C1=Cc2ccccc2C1)N(C)C(C)C=3C. The molecule has 2 heteroatoms. The van der Waals surface area contributed by atoms with Crippen LogP contribution in [0.2, 0.25) is 0 Å². The topological polar surface area (TPSA) is 3.24 Å². The Morgan fingerprint density at radius 2 is 1.83 bits per heavy atom. The standard InChI is InChI=1S/C27H28BrN/c1-15-11-22-21(14-23-24(26(22)28)16(2)17(3)29(23)6)25(15)27(4,5)20-12-18-9-7-8-10-19(18)13-20/h7-12,14,17H,13H2,1-6H3. The molecule has 148 valence electrons. The molecule has 1 atom stereocenters. The van der Waals surface area contributed by atoms with Crippen molar-refractivity contribution < 1.29 is 0 Å². The smallest absolute Gasteiger partial charge is 0.0478 e. The van der Waals surface area contributed by atoms with Gasteiger partial charge in [0, 0.05) is 33.9 Å². The number of nitrogens with zero attached hydrogens (tertiary/aromatic N) is 1. The second-order valence-electron chi connectivity index (χ2n) is 9.39. The van der Waals surface area contributed by atoms with Gasteiger partial charge in [0.25, 0.3) is 0 Å². The van der Waals surface area contributed by atoms with E-state index in [1.54, 1.807) is 0 Å². The Kier molecular flexibility index (Phi) is 4.06. The normalized spacial score (nSPS) is 20.0. The summed E-state index contributed by atoms with van der Waals surface area (Å²) in [6, 6.07) is 11.7. The highest BCUT2D eigenvalue weighted by Gasteiger charge is 2.35. The molecule has 0 bridgehead atoms. The molecule has 5 rings (SSSR count). The number of anilines is 1. The Labute approximate surface area is 182 Å². The van der Waals surface area contributed by atoms with E-state index in [0.29, 0.717) is 6.04 Å². The molecule has 1 heterocycles. The van der Waals surface area contributed by atoms with Gasteiger partial charge in [0.15, 0.2) is 0 Å². The highest BCUT2D eigenvalue weighted by atomic mass is 79.9. The molecule has 0 aromatic heterocycles. The molecule has 29 heavy (non-hydrogen) atoms. The lowest BCUT2D eigenvalue weighted by molar-refractivity contribution is 0.591. The molecule has 0 fully saturated rings. The van der Waals surface area contributed by atoms with Gasteiger partial charge in [0.2, 0.25) is 0 Å². The third kappa shape index (κ3) is 2.51. The fraction of sp³-hybridized carbons (Fsp3) is 0.333. The number of hydrogen-bond donors (Lipinski definition) is 0. The van der Waals surface area contributed by atoms with E-state index in [4.69, 9.17) is 0 Å². The minimum Gasteiger partial charge on any atom is -0.368 e. The van der Waals surface area contributed by atoms with Crippen LogP contribution in [0, 0.1) is 5.41 Å². The molecule has 1 aliphatic heterocycles. The molecule has 0 spiro atoms. The van der Waals surface area contributed by atoms with Crippen molar-refractivity contribution in [2.45, 2.75) is 47.1 Å². The van der Waals surface area contributed by atoms with Gasteiger partial charge in [-0.25, -0.2) is 0 Å². The molecule has 2 aliphatic carbocycles. The van der Waals surface area contributed by atoms with Crippen LogP contribution in [0.3, 0.4) is 0 Å². The van der Waals surface area contributed by atoms with Crippen molar-refractivity contribution in [3.05, 3.63) is 73.1 Å². The van der Waals surface area contributed by atoms with Crippen LogP contribution >= 0.6 is 15.9 Å². The van der Waals surface area contributed by atoms with Gasteiger partial charge in [-0.3, -0.25) is 0 Å². The average molecular weight is 446 g/mol. The molecule has 0 saturated heterocycles. The Hall–Kier alpha value is -2.06. The van der Waals surface area contributed by atoms with Crippen LogP contribution in [0.25, 0.3) is 23.3 Å². The first kappa shape index (κ1) is 18.9. The third-order valence-corrected chi connectivity index (χ3v) is 8.31. The van der Waals surface area contributed by atoms with Gasteiger partial charge in [-0.2, -0.15) is 0 Å². The van der Waals surface area contributed by atoms with E-state index in [1.165, 1.54) is 59.6 Å². The maximum Gasteiger partial charge on any atom is 0.0478 e. The summed E-state index contributed by atoms with van der Waals surface area (Å²) in [5.74, 6) is 0. The Morgan fingerprint density at radius 1 is 1.10 bits per heavy atom. The van der Waals surface area contributed by atoms with Crippen LogP contribution < -0.4 is 15.3 Å². The number of benzene rings is 2. The quantitative estimate of drug-likeness (QED) is 0.573. The van der Waals surface area contributed by atoms with Crippen LogP contribution in [-0.4, -0.2) is 13.1 Å². The number of fused-ring (bicyclic) bond motifs is 3. The zero-order valence-corrected chi connectivity index (χ0v) is 19.7. The number of halogens is 1. The van der Waals surface area contributed by atoms with E-state index >= 15 is 0 Å². The van der Waals surface area contributed by atoms with E-state index in [0.717, 1.165) is 6.42 Å². The third-order valence-electron chi connectivity index (χ3n) is 7.48. The molecule has 3 aliphatic rings. The van der Waals surface area contributed by atoms with Gasteiger partial charge in [-0.05, 0) is 93.9 Å². The minimum absolute atomic E-state index is 0.0138. The van der Waals surface area contributed by atoms with Crippen molar-refractivity contribution in [2.75, 3.05) is 11.9 Å². The largest absolute Gasteiger partial charge is 0.368 e. The van der Waals surface area contributed by atoms with Crippen LogP contribution in [0.5, 0.6) is 0 Å². The van der Waals surface area contributed by atoms with Gasteiger partial charge in [0.1, 0.15) is 0 Å². The minimum atomic E-state index is -0.0138. The van der Waals surface area contributed by atoms with Crippen molar-refractivity contribution in [1.82, 2.24) is 0 Å². The van der Waals surface area contributed by atoms with Crippen LogP contribution in [0.4, 0.5) is 5.69 Å². The number of rotatable bonds is 2. The Bertz CT molecular complexity index is 1260. The lowest BCUT2D eigenvalue weighted by Crippen LogP contribution is -2.28. The lowest BCUT2D eigenvalue weighted by atomic mass is 9.74. The molecular weight excluding hydrogens is 418 g/mol. The summed E-state index contributed by atoms with van der Waals surface area (Å²) in [5.41, 5.74) is 11.3. The fourth-order valence-electron chi connectivity index (χ4n) is 5.53. The average Bonchev–Trinajstić information content (AvgIpc) is 3.32. The van der Waals surface area contributed by atoms with Gasteiger partial charge >= 0.3 is 0 Å². The van der Waals surface area contributed by atoms with Crippen LogP contribution in [0.15, 0.2) is 46.0 Å². The summed E-state index contributed by atoms with van der Waals surface area (Å²) >= 11 is 3.99. The summed E-state index contributed by atoms with van der Waals surface area (Å²) in [7, 11) is 2.22. The Balaban J connectivity index is 1.75. The maximum absolute atomic E-state index is 3.99. The van der Waals surface area contributed by atoms with Crippen molar-refractivity contribution in [3.8, 4) is 0 Å². The first-order valence-corrected chi connectivity index (χ1v) is 11.3. The maximum atomic E-state index is 3.99. The van der Waals surface area contributed by atoms with Gasteiger partial charge in [0.05, 0.1) is 0 Å². The van der Waals surface area contributed by atoms with Crippen molar-refractivity contribution in [3.63, 3.8) is 0 Å². The summed E-state index contributed by atoms with van der Waals surface area (Å²) in [4.78, 5) is 2.42. The molecule has 0 N–H and O–H groups in total. The lowest BCUT2D eigenvalue weighted by Gasteiger charge is -2.30. The van der Waals surface area contributed by atoms with E-state index in [-0.39, 0.29) is 5.41 Å². The molecule has 2 aromatic rings. The molecule has 1 unspecified atom stereocenters. The molecule has 0 radical (unpaired) electrons. The predicted molar refractivity (Wildman–Crippen MR) is 129 cm³/mol. The highest BCUT2D eigenvalue weighted by Crippen LogP contribution is 2.46. The van der Waals surface area contributed by atoms with Crippen molar-refractivity contribution in [1.29, 1.82) is 0 Å². The summed E-state index contributed by atoms with van der Waals surface area (Å²) in [6.07, 6.45) is 5.85. The number of allylic oxidation sites excluding steroid dienone is 2. The van der Waals surface area contributed by atoms with Gasteiger partial charge in [-0.1, -0.05) is 49.8 Å². The molecule has 1 nitrogen and oxygen atoms in total. The Morgan fingerprint density at radius 3 is 2.55 bits per heavy atom. The predicted octanol–water partition coefficient (Wildman–Crippen LogP) is 5.69. The van der Waals surface area contributed by atoms with E-state index < -0.39 is 0 Å². The first-order valence-electron chi connectivity index (χ1n) is 10.5. The van der Waals surface area contributed by atoms with E-state index in [1.807, 2.05) is 0 Å². The second kappa shape index (κ2) is 6.22. The molecule has 2 aromatic carbocycles. The summed E-state index contributed by atoms with van der Waals surface area (Å²) < 4.78 is 1.26. The highest BCUT2D eigenvalue weighted by molar-refractivity contribution is 9.10. The van der Waals surface area contributed by atoms with Gasteiger partial charge in [-0.15, -0.1) is 0 Å². The zero-order chi connectivity index (χ0) is 20.7. The molecule has 0 saturated carbocycles. The van der Waals surface area contributed by atoms with E-state index in [2.05, 4.69) is 105 Å². The fourth-order valence-corrected chi connectivity index (χ4v) is 6.38. The van der Waals surface area contributed by atoms with Crippen molar-refractivity contribution in [2.24, 2.45) is 5.41 Å². The zero-order valence-electron chi connectivity index (χ0n) is 18.2. The summed E-state index contributed by atoms with van der Waals surface area (Å²) in [6.45, 7) is 11.6. The van der Waals surface area contributed by atoms with Crippen LogP contribution in [-0.2, 0) is 6.42 Å². The second-order valence-corrected chi connectivity index (χ2v) is 10.2. The van der Waals surface area contributed by atoms with Crippen LogP contribution in [0.1, 0.15) is 51.3 Å². The monoisotopic (exact) mass is 445 g/mol. The first-order chi connectivity index (χ1) is 13.7. The van der Waals surface area contributed by atoms with Gasteiger partial charge < -0.3 is 4.90 Å². The number of hydrogen-bond acceptors (Lipinski definition) is 1. The van der Waals surface area contributed by atoms with Crippen molar-refractivity contribution >= 4 is 44.9 Å². The molecule has 0 amide bonds. The van der Waals surface area contributed by atoms with E-state index in [9.17, 15) is 0 Å². The summed E-state index contributed by atoms with van der Waals surface area (Å²) in [5, 5.41) is 2.78. The molecular formula is C27H28BrN.